The van der Waals surface area contributed by atoms with E-state index in [1.54, 1.807) is 0 Å². The van der Waals surface area contributed by atoms with E-state index in [0.717, 1.165) is 9.80 Å². The molecule has 0 aromatic heterocycles. The van der Waals surface area contributed by atoms with Gasteiger partial charge in [0, 0.05) is 20.1 Å². The largest absolute Gasteiger partial charge is 0.481 e. The van der Waals surface area contributed by atoms with E-state index in [1.807, 2.05) is 0 Å². The summed E-state index contributed by atoms with van der Waals surface area (Å²) in [7, 11) is 2.58. The number of carbonyl (C=O) groups excluding carboxylic acids is 3. The molecular weight excluding hydrogens is 270 g/mol. The lowest BCUT2D eigenvalue weighted by Crippen LogP contribution is -2.60. The fraction of sp³-hybridized carbons (Fsp3) is 0.636. The summed E-state index contributed by atoms with van der Waals surface area (Å²) in [6.45, 7) is 0.161. The zero-order valence-corrected chi connectivity index (χ0v) is 11.3. The number of likely N-dealkylation sites (N-methyl/N-ethyl adjacent to an activating group) is 1. The molecule has 0 aromatic carbocycles. The first-order valence-corrected chi connectivity index (χ1v) is 5.95. The molecule has 2 N–H and O–H groups in total. The monoisotopic (exact) mass is 287 g/mol. The molecule has 0 radical (unpaired) electrons. The highest BCUT2D eigenvalue weighted by Gasteiger charge is 2.36. The van der Waals surface area contributed by atoms with Gasteiger partial charge in [0.15, 0.2) is 0 Å². The van der Waals surface area contributed by atoms with Gasteiger partial charge in [-0.05, 0) is 0 Å². The van der Waals surface area contributed by atoms with Gasteiger partial charge in [0.05, 0.1) is 13.5 Å². The number of nitrogens with one attached hydrogen (secondary N) is 1. The number of piperazine rings is 1. The van der Waals surface area contributed by atoms with Gasteiger partial charge < -0.3 is 25.0 Å². The van der Waals surface area contributed by atoms with Crippen LogP contribution < -0.4 is 5.32 Å². The Balaban J connectivity index is 2.78. The quantitative estimate of drug-likeness (QED) is 0.607. The smallest absolute Gasteiger partial charge is 0.325 e. The van der Waals surface area contributed by atoms with E-state index < -0.39 is 36.3 Å². The first-order valence-electron chi connectivity index (χ1n) is 5.95. The fourth-order valence-corrected chi connectivity index (χ4v) is 1.86. The van der Waals surface area contributed by atoms with Crippen molar-refractivity contribution in [1.29, 1.82) is 0 Å². The summed E-state index contributed by atoms with van der Waals surface area (Å²) >= 11 is 0. The second-order valence-corrected chi connectivity index (χ2v) is 4.31. The molecule has 1 saturated heterocycles. The number of carboxylic acid groups (broad SMARTS) is 1. The van der Waals surface area contributed by atoms with Gasteiger partial charge in [-0.15, -0.1) is 0 Å². The van der Waals surface area contributed by atoms with Crippen LogP contribution in [0.25, 0.3) is 0 Å². The molecule has 1 heterocycles. The van der Waals surface area contributed by atoms with Crippen LogP contribution in [0.2, 0.25) is 0 Å². The SMILES string of the molecule is COC(=O)CN(C)C(=O)N1CCNC(=O)C1CC(=O)O. The van der Waals surface area contributed by atoms with E-state index in [0.29, 0.717) is 0 Å². The second kappa shape index (κ2) is 6.73. The highest BCUT2D eigenvalue weighted by Crippen LogP contribution is 2.11. The Morgan fingerprint density at radius 2 is 2.15 bits per heavy atom. The molecule has 20 heavy (non-hydrogen) atoms. The average molecular weight is 287 g/mol. The van der Waals surface area contributed by atoms with Gasteiger partial charge in [-0.1, -0.05) is 0 Å². The minimum atomic E-state index is -1.18. The Bertz CT molecular complexity index is 424. The maximum absolute atomic E-state index is 12.2. The maximum Gasteiger partial charge on any atom is 0.325 e. The molecule has 9 heteroatoms. The number of rotatable bonds is 4. The molecule has 9 nitrogen and oxygen atoms in total. The van der Waals surface area contributed by atoms with Crippen LogP contribution >= 0.6 is 0 Å². The van der Waals surface area contributed by atoms with Gasteiger partial charge in [0.2, 0.25) is 5.91 Å². The Hall–Kier alpha value is -2.32. The van der Waals surface area contributed by atoms with Gasteiger partial charge in [-0.25, -0.2) is 4.79 Å². The van der Waals surface area contributed by atoms with Crippen LogP contribution in [0.15, 0.2) is 0 Å². The Morgan fingerprint density at radius 3 is 2.70 bits per heavy atom. The molecular formula is C11H17N3O6. The van der Waals surface area contributed by atoms with Gasteiger partial charge in [0.1, 0.15) is 12.6 Å². The summed E-state index contributed by atoms with van der Waals surface area (Å²) in [5.41, 5.74) is 0. The number of carbonyl (C=O) groups is 4. The number of urea groups is 1. The number of hydrogen-bond acceptors (Lipinski definition) is 5. The van der Waals surface area contributed by atoms with E-state index >= 15 is 0 Å². The van der Waals surface area contributed by atoms with Crippen molar-refractivity contribution in [2.75, 3.05) is 33.8 Å². The number of carboxylic acids is 1. The van der Waals surface area contributed by atoms with Crippen LogP contribution in [-0.4, -0.2) is 78.6 Å². The molecule has 1 aliphatic heterocycles. The summed E-state index contributed by atoms with van der Waals surface area (Å²) in [4.78, 5) is 48.0. The number of amides is 3. The standard InChI is InChI=1S/C11H17N3O6/c1-13(6-9(17)20-2)11(19)14-4-3-12-10(18)7(14)5-8(15)16/h7H,3-6H2,1-2H3,(H,12,18)(H,15,16). The molecule has 3 amide bonds. The molecule has 1 aliphatic rings. The molecule has 0 bridgehead atoms. The summed E-state index contributed by atoms with van der Waals surface area (Å²) < 4.78 is 4.45. The molecule has 0 spiro atoms. The number of nitrogens with zero attached hydrogens (tertiary/aromatic N) is 2. The lowest BCUT2D eigenvalue weighted by atomic mass is 10.1. The maximum atomic E-state index is 12.2. The average Bonchev–Trinajstić information content (AvgIpc) is 2.39. The minimum absolute atomic E-state index is 0.189. The first-order chi connectivity index (χ1) is 9.36. The molecule has 0 saturated carbocycles. The number of methoxy groups -OCH3 is 1. The molecule has 1 atom stereocenters. The fourth-order valence-electron chi connectivity index (χ4n) is 1.86. The minimum Gasteiger partial charge on any atom is -0.481 e. The summed E-state index contributed by atoms with van der Waals surface area (Å²) in [5, 5.41) is 11.3. The van der Waals surface area contributed by atoms with E-state index in [4.69, 9.17) is 5.11 Å². The summed E-state index contributed by atoms with van der Waals surface area (Å²) in [6, 6.07) is -1.66. The molecule has 1 fully saturated rings. The third kappa shape index (κ3) is 3.84. The van der Waals surface area contributed by atoms with Gasteiger partial charge in [0.25, 0.3) is 0 Å². The topological polar surface area (TPSA) is 116 Å². The number of hydrogen-bond donors (Lipinski definition) is 2. The molecule has 112 valence electrons. The Labute approximate surface area is 115 Å². The van der Waals surface area contributed by atoms with Crippen LogP contribution in [0.3, 0.4) is 0 Å². The second-order valence-electron chi connectivity index (χ2n) is 4.31. The van der Waals surface area contributed by atoms with E-state index in [9.17, 15) is 19.2 Å². The highest BCUT2D eigenvalue weighted by atomic mass is 16.5. The van der Waals surface area contributed by atoms with Crippen molar-refractivity contribution in [1.82, 2.24) is 15.1 Å². The van der Waals surface area contributed by atoms with E-state index in [-0.39, 0.29) is 19.6 Å². The molecule has 1 rings (SSSR count). The predicted octanol–water partition coefficient (Wildman–Crippen LogP) is -1.51. The molecule has 0 aliphatic carbocycles. The Morgan fingerprint density at radius 1 is 1.50 bits per heavy atom. The van der Waals surface area contributed by atoms with Crippen LogP contribution in [0, 0.1) is 0 Å². The van der Waals surface area contributed by atoms with Crippen molar-refractivity contribution >= 4 is 23.9 Å². The summed E-state index contributed by atoms with van der Waals surface area (Å²) in [6.07, 6.45) is -0.483. The van der Waals surface area contributed by atoms with Gasteiger partial charge in [-0.2, -0.15) is 0 Å². The number of esters is 1. The van der Waals surface area contributed by atoms with Crippen LogP contribution in [0.4, 0.5) is 4.79 Å². The van der Waals surface area contributed by atoms with Crippen molar-refractivity contribution in [3.8, 4) is 0 Å². The van der Waals surface area contributed by atoms with Gasteiger partial charge in [-0.3, -0.25) is 14.4 Å². The van der Waals surface area contributed by atoms with Crippen LogP contribution in [0.1, 0.15) is 6.42 Å². The molecule has 0 aromatic rings. The van der Waals surface area contributed by atoms with Crippen molar-refractivity contribution in [3.63, 3.8) is 0 Å². The Kier molecular flexibility index (Phi) is 5.30. The predicted molar refractivity (Wildman–Crippen MR) is 65.8 cm³/mol. The van der Waals surface area contributed by atoms with E-state index in [2.05, 4.69) is 10.1 Å². The highest BCUT2D eigenvalue weighted by molar-refractivity contribution is 5.91. The van der Waals surface area contributed by atoms with Crippen molar-refractivity contribution < 1.29 is 29.0 Å². The van der Waals surface area contributed by atoms with Crippen LogP contribution in [0.5, 0.6) is 0 Å². The lowest BCUT2D eigenvalue weighted by molar-refractivity contribution is -0.143. The zero-order chi connectivity index (χ0) is 15.3. The van der Waals surface area contributed by atoms with E-state index in [1.165, 1.54) is 14.2 Å². The number of ether oxygens (including phenoxy) is 1. The lowest BCUT2D eigenvalue weighted by Gasteiger charge is -2.36. The summed E-state index contributed by atoms with van der Waals surface area (Å²) in [5.74, 6) is -2.30. The zero-order valence-electron chi connectivity index (χ0n) is 11.3. The molecule has 1 unspecified atom stereocenters. The third-order valence-electron chi connectivity index (χ3n) is 2.86. The number of aliphatic carboxylic acids is 1. The van der Waals surface area contributed by atoms with Crippen LogP contribution in [-0.2, 0) is 19.1 Å². The normalized spacial score (nSPS) is 18.2. The van der Waals surface area contributed by atoms with Crippen molar-refractivity contribution in [2.45, 2.75) is 12.5 Å². The third-order valence-corrected chi connectivity index (χ3v) is 2.86. The first kappa shape index (κ1) is 15.7. The van der Waals surface area contributed by atoms with Gasteiger partial charge >= 0.3 is 18.0 Å². The van der Waals surface area contributed by atoms with Crippen molar-refractivity contribution in [2.24, 2.45) is 0 Å². The van der Waals surface area contributed by atoms with Crippen molar-refractivity contribution in [3.05, 3.63) is 0 Å².